The Kier molecular flexibility index (Phi) is 5.19. The fourth-order valence-corrected chi connectivity index (χ4v) is 4.08. The Morgan fingerprint density at radius 2 is 1.74 bits per heavy atom. The molecule has 2 aromatic heterocycles. The molecule has 142 valence electrons. The van der Waals surface area contributed by atoms with E-state index in [1.54, 1.807) is 0 Å². The number of esters is 1. The highest BCUT2D eigenvalue weighted by Gasteiger charge is 2.20. The van der Waals surface area contributed by atoms with Gasteiger partial charge in [-0.25, -0.2) is 18.2 Å². The minimum atomic E-state index is -1.26. The second-order valence-corrected chi connectivity index (χ2v) is 7.32. The fourth-order valence-electron chi connectivity index (χ4n) is 3.10. The summed E-state index contributed by atoms with van der Waals surface area (Å²) in [6.07, 6.45) is 0.363. The molecule has 0 bridgehead atoms. The van der Waals surface area contributed by atoms with Gasteiger partial charge in [0, 0.05) is 23.9 Å². The number of rotatable bonds is 4. The van der Waals surface area contributed by atoms with Crippen LogP contribution in [0.4, 0.5) is 13.2 Å². The molecule has 0 amide bonds. The van der Waals surface area contributed by atoms with Crippen molar-refractivity contribution < 1.29 is 22.7 Å². The summed E-state index contributed by atoms with van der Waals surface area (Å²) >= 11 is 0.975. The van der Waals surface area contributed by atoms with Crippen LogP contribution in [-0.2, 0) is 22.4 Å². The second kappa shape index (κ2) is 7.26. The molecule has 0 atom stereocenters. The zero-order valence-corrected chi connectivity index (χ0v) is 16.1. The van der Waals surface area contributed by atoms with E-state index in [0.29, 0.717) is 11.1 Å². The number of benzene rings is 1. The summed E-state index contributed by atoms with van der Waals surface area (Å²) in [4.78, 5) is 20.3. The Balaban J connectivity index is 2.06. The molecule has 2 heterocycles. The molecule has 0 aliphatic heterocycles. The molecule has 0 saturated heterocycles. The number of aryl methyl sites for hydroxylation is 2. The first-order chi connectivity index (χ1) is 12.7. The van der Waals surface area contributed by atoms with E-state index in [0.717, 1.165) is 39.4 Å². The molecule has 1 aromatic carbocycles. The van der Waals surface area contributed by atoms with Crippen LogP contribution in [0.2, 0.25) is 0 Å². The molecule has 0 unspecified atom stereocenters. The molecule has 3 aromatic rings. The van der Waals surface area contributed by atoms with E-state index in [4.69, 9.17) is 4.74 Å². The number of fused-ring (bicyclic) bond motifs is 1. The third-order valence-electron chi connectivity index (χ3n) is 4.55. The fraction of sp³-hybridized carbons (Fsp3) is 0.316. The van der Waals surface area contributed by atoms with Crippen LogP contribution in [0.25, 0.3) is 10.2 Å². The van der Waals surface area contributed by atoms with E-state index in [2.05, 4.69) is 9.97 Å². The van der Waals surface area contributed by atoms with Crippen LogP contribution < -0.4 is 0 Å². The topological polar surface area (TPSA) is 52.1 Å². The van der Waals surface area contributed by atoms with Gasteiger partial charge in [-0.05, 0) is 37.5 Å². The van der Waals surface area contributed by atoms with E-state index in [1.165, 1.54) is 7.11 Å². The van der Waals surface area contributed by atoms with Gasteiger partial charge in [0.2, 0.25) is 0 Å². The Labute approximate surface area is 158 Å². The van der Waals surface area contributed by atoms with Gasteiger partial charge < -0.3 is 4.74 Å². The maximum absolute atomic E-state index is 13.9. The number of hydrogen-bond donors (Lipinski definition) is 0. The van der Waals surface area contributed by atoms with Crippen molar-refractivity contribution in [3.05, 3.63) is 56.6 Å². The van der Waals surface area contributed by atoms with Crippen LogP contribution in [0.3, 0.4) is 0 Å². The molecule has 0 N–H and O–H groups in total. The lowest BCUT2D eigenvalue weighted by Gasteiger charge is -2.15. The zero-order valence-electron chi connectivity index (χ0n) is 15.2. The lowest BCUT2D eigenvalue weighted by atomic mass is 9.96. The molecule has 3 rings (SSSR count). The Bertz CT molecular complexity index is 1060. The molecular formula is C19H17F3N2O2S. The van der Waals surface area contributed by atoms with E-state index in [-0.39, 0.29) is 29.0 Å². The van der Waals surface area contributed by atoms with Crippen molar-refractivity contribution in [3.8, 4) is 0 Å². The highest BCUT2D eigenvalue weighted by atomic mass is 32.1. The molecule has 8 heteroatoms. The summed E-state index contributed by atoms with van der Waals surface area (Å²) < 4.78 is 46.0. The number of hydrogen-bond acceptors (Lipinski definition) is 5. The van der Waals surface area contributed by atoms with Crippen LogP contribution in [0.15, 0.2) is 6.07 Å². The maximum Gasteiger partial charge on any atom is 0.310 e. The second-order valence-electron chi connectivity index (χ2n) is 6.23. The molecule has 0 aliphatic rings. The third kappa shape index (κ3) is 3.53. The average Bonchev–Trinajstić information content (AvgIpc) is 3.05. The minimum Gasteiger partial charge on any atom is -0.469 e. The summed E-state index contributed by atoms with van der Waals surface area (Å²) in [5.74, 6) is -3.63. The lowest BCUT2D eigenvalue weighted by Crippen LogP contribution is -2.12. The van der Waals surface area contributed by atoms with E-state index in [1.807, 2.05) is 20.8 Å². The first-order valence-electron chi connectivity index (χ1n) is 8.18. The quantitative estimate of drug-likeness (QED) is 0.488. The molecule has 27 heavy (non-hydrogen) atoms. The van der Waals surface area contributed by atoms with Gasteiger partial charge in [0.05, 0.1) is 23.2 Å². The van der Waals surface area contributed by atoms with Gasteiger partial charge in [0.25, 0.3) is 0 Å². The summed E-state index contributed by atoms with van der Waals surface area (Å²) in [6, 6.07) is 0.526. The monoisotopic (exact) mass is 394 g/mol. The molecule has 0 aliphatic carbocycles. The number of aromatic nitrogens is 2. The molecular weight excluding hydrogens is 377 g/mol. The van der Waals surface area contributed by atoms with Crippen LogP contribution in [0.1, 0.15) is 33.1 Å². The largest absolute Gasteiger partial charge is 0.469 e. The minimum absolute atomic E-state index is 0.0194. The van der Waals surface area contributed by atoms with Gasteiger partial charge in [-0.1, -0.05) is 0 Å². The van der Waals surface area contributed by atoms with E-state index in [9.17, 15) is 18.0 Å². The Morgan fingerprint density at radius 1 is 1.07 bits per heavy atom. The number of carbonyl (C=O) groups excluding carboxylic acids is 1. The van der Waals surface area contributed by atoms with Gasteiger partial charge in [-0.2, -0.15) is 0 Å². The highest BCUT2D eigenvalue weighted by Crippen LogP contribution is 2.31. The first-order valence-corrected chi connectivity index (χ1v) is 8.99. The van der Waals surface area contributed by atoms with Crippen molar-refractivity contribution in [1.29, 1.82) is 0 Å². The third-order valence-corrected chi connectivity index (χ3v) is 5.61. The highest BCUT2D eigenvalue weighted by molar-refractivity contribution is 7.18. The van der Waals surface area contributed by atoms with Gasteiger partial charge in [0.1, 0.15) is 11.3 Å². The van der Waals surface area contributed by atoms with Crippen molar-refractivity contribution in [2.45, 2.75) is 33.6 Å². The van der Waals surface area contributed by atoms with Crippen molar-refractivity contribution in [3.63, 3.8) is 0 Å². The predicted octanol–water partition coefficient (Wildman–Crippen LogP) is 4.34. The van der Waals surface area contributed by atoms with Crippen LogP contribution in [0.5, 0.6) is 0 Å². The average molecular weight is 394 g/mol. The van der Waals surface area contributed by atoms with Crippen molar-refractivity contribution in [2.24, 2.45) is 0 Å². The van der Waals surface area contributed by atoms with Gasteiger partial charge in [-0.3, -0.25) is 9.78 Å². The van der Waals surface area contributed by atoms with E-state index < -0.39 is 17.5 Å². The number of thiazole rings is 1. The van der Waals surface area contributed by atoms with Gasteiger partial charge in [-0.15, -0.1) is 11.3 Å². The van der Waals surface area contributed by atoms with Crippen LogP contribution in [0, 0.1) is 38.2 Å². The number of nitrogens with zero attached hydrogens (tertiary/aromatic N) is 2. The molecule has 0 spiro atoms. The molecule has 0 saturated carbocycles. The van der Waals surface area contributed by atoms with Gasteiger partial charge >= 0.3 is 5.97 Å². The number of carbonyl (C=O) groups is 1. The zero-order chi connectivity index (χ0) is 19.9. The normalized spacial score (nSPS) is 11.2. The van der Waals surface area contributed by atoms with Crippen LogP contribution >= 0.6 is 11.3 Å². The number of pyridine rings is 1. The summed E-state index contributed by atoms with van der Waals surface area (Å²) in [7, 11) is 1.32. The smallest absolute Gasteiger partial charge is 0.310 e. The van der Waals surface area contributed by atoms with Crippen molar-refractivity contribution in [1.82, 2.24) is 9.97 Å². The number of halogens is 3. The van der Waals surface area contributed by atoms with Gasteiger partial charge in [0.15, 0.2) is 11.6 Å². The Morgan fingerprint density at radius 3 is 2.41 bits per heavy atom. The summed E-state index contributed by atoms with van der Waals surface area (Å²) in [5.41, 5.74) is 3.59. The SMILES string of the molecule is COC(=O)Cc1c(C)nc(C)c(Cc2nc3c(F)c(F)cc(F)c3s2)c1C. The molecule has 0 radical (unpaired) electrons. The maximum atomic E-state index is 13.9. The number of ether oxygens (including phenoxy) is 1. The number of methoxy groups -OCH3 is 1. The van der Waals surface area contributed by atoms with Crippen LogP contribution in [-0.4, -0.2) is 23.0 Å². The predicted molar refractivity (Wildman–Crippen MR) is 96.5 cm³/mol. The standard InChI is InChI=1S/C19H17F3N2O2S/c1-8-11(9(2)23-10(3)12(8)6-16(25)26-4)5-15-24-18-17(22)13(20)7-14(21)19(18)27-15/h7H,5-6H2,1-4H3. The lowest BCUT2D eigenvalue weighted by molar-refractivity contribution is -0.139. The Hall–Kier alpha value is -2.48. The summed E-state index contributed by atoms with van der Waals surface area (Å²) in [6.45, 7) is 5.50. The van der Waals surface area contributed by atoms with Crippen molar-refractivity contribution in [2.75, 3.05) is 7.11 Å². The van der Waals surface area contributed by atoms with E-state index >= 15 is 0 Å². The van der Waals surface area contributed by atoms with Crippen molar-refractivity contribution >= 4 is 27.5 Å². The molecule has 0 fully saturated rings. The summed E-state index contributed by atoms with van der Waals surface area (Å²) in [5, 5.41) is 0.439. The molecule has 4 nitrogen and oxygen atoms in total. The first kappa shape index (κ1) is 19.3.